The lowest BCUT2D eigenvalue weighted by Gasteiger charge is -2.06. The van der Waals surface area contributed by atoms with Gasteiger partial charge in [0.25, 0.3) is 5.91 Å². The molecule has 104 valence electrons. The summed E-state index contributed by atoms with van der Waals surface area (Å²) in [4.78, 5) is 27.2. The Bertz CT molecular complexity index is 696. The fourth-order valence-electron chi connectivity index (χ4n) is 1.60. The molecule has 5 N–H and O–H groups in total. The lowest BCUT2D eigenvalue weighted by molar-refractivity contribution is 0.0693. The van der Waals surface area contributed by atoms with Crippen LogP contribution in [0.1, 0.15) is 25.7 Å². The Balaban J connectivity index is 2.26. The molecule has 2 rings (SSSR count). The number of hydrogen-bond acceptors (Lipinski definition) is 6. The number of aromatic hydroxyl groups is 1. The number of nitrogens with zero attached hydrogens (tertiary/aromatic N) is 1. The molecule has 7 nitrogen and oxygen atoms in total. The van der Waals surface area contributed by atoms with E-state index >= 15 is 0 Å². The van der Waals surface area contributed by atoms with Crippen molar-refractivity contribution < 1.29 is 19.8 Å². The number of hydrogen-bond donors (Lipinski definition) is 4. The van der Waals surface area contributed by atoms with Crippen LogP contribution < -0.4 is 11.1 Å². The van der Waals surface area contributed by atoms with Crippen molar-refractivity contribution in [1.82, 2.24) is 4.98 Å². The summed E-state index contributed by atoms with van der Waals surface area (Å²) in [6.45, 7) is 1.65. The van der Waals surface area contributed by atoms with Crippen LogP contribution in [-0.4, -0.2) is 27.1 Å². The van der Waals surface area contributed by atoms with E-state index < -0.39 is 11.9 Å². The van der Waals surface area contributed by atoms with Gasteiger partial charge in [0, 0.05) is 5.69 Å². The first-order chi connectivity index (χ1) is 9.38. The Kier molecular flexibility index (Phi) is 3.57. The predicted octanol–water partition coefficient (Wildman–Crippen LogP) is 1.69. The molecule has 0 bridgehead atoms. The molecule has 1 heterocycles. The minimum atomic E-state index is -1.28. The molecule has 0 aliphatic heterocycles. The normalized spacial score (nSPS) is 10.2. The van der Waals surface area contributed by atoms with E-state index in [1.54, 1.807) is 6.92 Å². The number of nitrogen functional groups attached to an aromatic ring is 1. The van der Waals surface area contributed by atoms with Crippen LogP contribution in [0.3, 0.4) is 0 Å². The van der Waals surface area contributed by atoms with E-state index in [4.69, 9.17) is 10.8 Å². The largest absolute Gasteiger partial charge is 0.507 e. The predicted molar refractivity (Wildman–Crippen MR) is 74.3 cm³/mol. The number of carboxylic acids is 1. The smallest absolute Gasteiger partial charge is 0.339 e. The van der Waals surface area contributed by atoms with Crippen LogP contribution in [-0.2, 0) is 0 Å². The second-order valence-corrected chi connectivity index (χ2v) is 4.99. The molecule has 0 spiro atoms. The Morgan fingerprint density at radius 2 is 2.10 bits per heavy atom. The number of carbonyl (C=O) groups excluding carboxylic acids is 1. The highest BCUT2D eigenvalue weighted by Crippen LogP contribution is 2.24. The van der Waals surface area contributed by atoms with Gasteiger partial charge in [-0.1, -0.05) is 11.3 Å². The highest BCUT2D eigenvalue weighted by atomic mass is 32.1. The number of anilines is 2. The van der Waals surface area contributed by atoms with Gasteiger partial charge in [0.05, 0.1) is 5.69 Å². The standard InChI is InChI=1S/C12H11N3O4S/c1-5-9(20-12(13)14-5)10(17)15-6-2-3-8(16)7(4-6)11(18)19/h2-4,16H,1H3,(H2,13,14)(H,15,17)(H,18,19). The number of carbonyl (C=O) groups is 2. The fourth-order valence-corrected chi connectivity index (χ4v) is 2.33. The van der Waals surface area contributed by atoms with Gasteiger partial charge in [-0.3, -0.25) is 4.79 Å². The van der Waals surface area contributed by atoms with E-state index in [9.17, 15) is 14.7 Å². The lowest BCUT2D eigenvalue weighted by Crippen LogP contribution is -2.12. The van der Waals surface area contributed by atoms with E-state index in [1.165, 1.54) is 18.2 Å². The molecule has 8 heteroatoms. The quantitative estimate of drug-likeness (QED) is 0.638. The number of carboxylic acid groups (broad SMARTS) is 1. The zero-order chi connectivity index (χ0) is 14.9. The number of rotatable bonds is 3. The van der Waals surface area contributed by atoms with Crippen LogP contribution in [0.15, 0.2) is 18.2 Å². The molecule has 1 aromatic carbocycles. The molecule has 2 aromatic rings. The third-order valence-corrected chi connectivity index (χ3v) is 3.49. The summed E-state index contributed by atoms with van der Waals surface area (Å²) >= 11 is 1.04. The number of nitrogens with two attached hydrogens (primary N) is 1. The van der Waals surface area contributed by atoms with Gasteiger partial charge in [-0.2, -0.15) is 0 Å². The van der Waals surface area contributed by atoms with Crippen LogP contribution in [0, 0.1) is 6.92 Å². The topological polar surface area (TPSA) is 126 Å². The molecule has 0 unspecified atom stereocenters. The van der Waals surface area contributed by atoms with Gasteiger partial charge in [-0.25, -0.2) is 9.78 Å². The molecule has 0 atom stereocenters. The Morgan fingerprint density at radius 1 is 1.40 bits per heavy atom. The molecule has 20 heavy (non-hydrogen) atoms. The maximum absolute atomic E-state index is 12.0. The second kappa shape index (κ2) is 5.17. The summed E-state index contributed by atoms with van der Waals surface area (Å²) < 4.78 is 0. The Labute approximate surface area is 117 Å². The molecule has 0 saturated carbocycles. The number of nitrogens with one attached hydrogen (secondary N) is 1. The number of thiazole rings is 1. The zero-order valence-corrected chi connectivity index (χ0v) is 11.2. The first kappa shape index (κ1) is 13.8. The molecular formula is C12H11N3O4S. The monoisotopic (exact) mass is 293 g/mol. The molecule has 1 amide bonds. The summed E-state index contributed by atoms with van der Waals surface area (Å²) in [6.07, 6.45) is 0. The van der Waals surface area contributed by atoms with E-state index in [1.807, 2.05) is 0 Å². The van der Waals surface area contributed by atoms with Crippen molar-refractivity contribution >= 4 is 34.0 Å². The van der Waals surface area contributed by atoms with E-state index in [0.29, 0.717) is 10.6 Å². The Morgan fingerprint density at radius 3 is 2.65 bits per heavy atom. The molecule has 0 radical (unpaired) electrons. The van der Waals surface area contributed by atoms with Crippen LogP contribution in [0.25, 0.3) is 0 Å². The summed E-state index contributed by atoms with van der Waals surface area (Å²) in [5.74, 6) is -2.08. The number of aryl methyl sites for hydroxylation is 1. The summed E-state index contributed by atoms with van der Waals surface area (Å²) in [5.41, 5.74) is 5.99. The maximum atomic E-state index is 12.0. The van der Waals surface area contributed by atoms with E-state index in [0.717, 1.165) is 11.3 Å². The highest BCUT2D eigenvalue weighted by Gasteiger charge is 2.16. The molecule has 1 aromatic heterocycles. The van der Waals surface area contributed by atoms with Gasteiger partial charge in [-0.15, -0.1) is 0 Å². The molecule has 0 aliphatic carbocycles. The number of amides is 1. The minimum absolute atomic E-state index is 0.261. The van der Waals surface area contributed by atoms with Gasteiger partial charge in [0.15, 0.2) is 5.13 Å². The third-order valence-electron chi connectivity index (χ3n) is 2.50. The second-order valence-electron chi connectivity index (χ2n) is 3.96. The van der Waals surface area contributed by atoms with Gasteiger partial charge < -0.3 is 21.3 Å². The van der Waals surface area contributed by atoms with Crippen molar-refractivity contribution in [1.29, 1.82) is 0 Å². The van der Waals surface area contributed by atoms with Crippen LogP contribution in [0.5, 0.6) is 5.75 Å². The van der Waals surface area contributed by atoms with Gasteiger partial charge in [0.1, 0.15) is 16.2 Å². The highest BCUT2D eigenvalue weighted by molar-refractivity contribution is 7.17. The first-order valence-corrected chi connectivity index (χ1v) is 6.30. The minimum Gasteiger partial charge on any atom is -0.507 e. The summed E-state index contributed by atoms with van der Waals surface area (Å²) in [6, 6.07) is 3.78. The van der Waals surface area contributed by atoms with E-state index in [2.05, 4.69) is 10.3 Å². The summed E-state index contributed by atoms with van der Waals surface area (Å²) in [5, 5.41) is 21.1. The molecular weight excluding hydrogens is 282 g/mol. The van der Waals surface area contributed by atoms with Crippen LogP contribution >= 0.6 is 11.3 Å². The number of phenols is 1. The number of aromatic nitrogens is 1. The van der Waals surface area contributed by atoms with Crippen molar-refractivity contribution in [2.75, 3.05) is 11.1 Å². The van der Waals surface area contributed by atoms with Crippen LogP contribution in [0.2, 0.25) is 0 Å². The van der Waals surface area contributed by atoms with Gasteiger partial charge >= 0.3 is 5.97 Å². The van der Waals surface area contributed by atoms with Crippen molar-refractivity contribution in [3.63, 3.8) is 0 Å². The average molecular weight is 293 g/mol. The average Bonchev–Trinajstić information content (AvgIpc) is 2.70. The fraction of sp³-hybridized carbons (Fsp3) is 0.0833. The van der Waals surface area contributed by atoms with Gasteiger partial charge in [-0.05, 0) is 25.1 Å². The third kappa shape index (κ3) is 2.69. The number of benzene rings is 1. The molecule has 0 aliphatic rings. The lowest BCUT2D eigenvalue weighted by atomic mass is 10.2. The zero-order valence-electron chi connectivity index (χ0n) is 10.4. The maximum Gasteiger partial charge on any atom is 0.339 e. The van der Waals surface area contributed by atoms with Crippen molar-refractivity contribution in [2.24, 2.45) is 0 Å². The molecule has 0 fully saturated rings. The van der Waals surface area contributed by atoms with Gasteiger partial charge in [0.2, 0.25) is 0 Å². The summed E-state index contributed by atoms with van der Waals surface area (Å²) in [7, 11) is 0. The van der Waals surface area contributed by atoms with Crippen molar-refractivity contribution in [2.45, 2.75) is 6.92 Å². The first-order valence-electron chi connectivity index (χ1n) is 5.49. The van der Waals surface area contributed by atoms with Crippen LogP contribution in [0.4, 0.5) is 10.8 Å². The molecule has 0 saturated heterocycles. The van der Waals surface area contributed by atoms with Crippen molar-refractivity contribution in [3.05, 3.63) is 34.3 Å². The van der Waals surface area contributed by atoms with Crippen molar-refractivity contribution in [3.8, 4) is 5.75 Å². The SMILES string of the molecule is Cc1nc(N)sc1C(=O)Nc1ccc(O)c(C(=O)O)c1. The number of aromatic carboxylic acids is 1. The Hall–Kier alpha value is -2.61. The van der Waals surface area contributed by atoms with E-state index in [-0.39, 0.29) is 22.1 Å².